The zero-order valence-corrected chi connectivity index (χ0v) is 22.2. The van der Waals surface area contributed by atoms with Gasteiger partial charge >= 0.3 is 6.18 Å². The van der Waals surface area contributed by atoms with Gasteiger partial charge in [-0.05, 0) is 37.3 Å². The van der Waals surface area contributed by atoms with Gasteiger partial charge in [-0.15, -0.1) is 11.3 Å². The van der Waals surface area contributed by atoms with Crippen molar-refractivity contribution in [2.24, 2.45) is 0 Å². The number of aryl methyl sites for hydroxylation is 1. The number of aromatic nitrogens is 4. The second-order valence-electron chi connectivity index (χ2n) is 8.53. The van der Waals surface area contributed by atoms with Crippen molar-refractivity contribution in [1.29, 1.82) is 0 Å². The fourth-order valence-corrected chi connectivity index (χ4v) is 5.00. The molecule has 0 spiro atoms. The van der Waals surface area contributed by atoms with E-state index in [1.807, 2.05) is 30.5 Å². The Kier molecular flexibility index (Phi) is 7.28. The van der Waals surface area contributed by atoms with E-state index in [1.165, 1.54) is 36.9 Å². The maximum Gasteiger partial charge on any atom is 0.421 e. The highest BCUT2D eigenvalue weighted by Crippen LogP contribution is 2.35. The van der Waals surface area contributed by atoms with Gasteiger partial charge in [0.1, 0.15) is 29.2 Å². The summed E-state index contributed by atoms with van der Waals surface area (Å²) in [5.41, 5.74) is 1.34. The van der Waals surface area contributed by atoms with Gasteiger partial charge in [0.2, 0.25) is 0 Å². The number of benzene rings is 1. The molecular weight excluding hydrogens is 553 g/mol. The predicted octanol–water partition coefficient (Wildman–Crippen LogP) is 6.53. The van der Waals surface area contributed by atoms with E-state index in [0.717, 1.165) is 33.0 Å². The van der Waals surface area contributed by atoms with E-state index in [2.05, 4.69) is 15.0 Å². The van der Waals surface area contributed by atoms with E-state index < -0.39 is 17.3 Å². The van der Waals surface area contributed by atoms with Gasteiger partial charge < -0.3 is 14.0 Å². The quantitative estimate of drug-likeness (QED) is 0.221. The summed E-state index contributed by atoms with van der Waals surface area (Å²) in [6.07, 6.45) is -2.02. The summed E-state index contributed by atoms with van der Waals surface area (Å²) in [5, 5.41) is 2.68. The molecule has 7 nitrogen and oxygen atoms in total. The molecule has 5 aromatic rings. The van der Waals surface area contributed by atoms with Crippen LogP contribution in [0.2, 0.25) is 4.47 Å². The number of pyridine rings is 3. The normalized spacial score (nSPS) is 11.6. The lowest BCUT2D eigenvalue weighted by Crippen LogP contribution is -2.28. The SMILES string of the molecule is COc1ccnc(Cn2cccc(C(F)(F)F)c2=O)c1COc1cccc2c(-c3csc(Cl)n3)cc(C)nc12. The summed E-state index contributed by atoms with van der Waals surface area (Å²) in [6.45, 7) is 1.62. The van der Waals surface area contributed by atoms with Gasteiger partial charge in [0, 0.05) is 34.4 Å². The number of halogens is 4. The highest BCUT2D eigenvalue weighted by Gasteiger charge is 2.34. The van der Waals surface area contributed by atoms with Crippen molar-refractivity contribution < 1.29 is 22.6 Å². The minimum atomic E-state index is -4.77. The number of nitrogens with zero attached hydrogens (tertiary/aromatic N) is 4. The van der Waals surface area contributed by atoms with E-state index in [9.17, 15) is 18.0 Å². The fraction of sp³-hybridized carbons (Fsp3) is 0.185. The Labute approximate surface area is 229 Å². The molecule has 0 aliphatic carbocycles. The van der Waals surface area contributed by atoms with Crippen LogP contribution < -0.4 is 15.0 Å². The first-order valence-corrected chi connectivity index (χ1v) is 12.8. The summed E-state index contributed by atoms with van der Waals surface area (Å²) in [5.74, 6) is 0.897. The number of alkyl halides is 3. The van der Waals surface area contributed by atoms with Crippen molar-refractivity contribution in [3.63, 3.8) is 0 Å². The van der Waals surface area contributed by atoms with E-state index in [4.69, 9.17) is 21.1 Å². The molecule has 0 fully saturated rings. The monoisotopic (exact) mass is 572 g/mol. The number of methoxy groups -OCH3 is 1. The molecule has 0 unspecified atom stereocenters. The van der Waals surface area contributed by atoms with Crippen LogP contribution in [0.15, 0.2) is 65.0 Å². The smallest absolute Gasteiger partial charge is 0.421 e. The molecule has 0 aliphatic heterocycles. The first kappa shape index (κ1) is 26.6. The average Bonchev–Trinajstić information content (AvgIpc) is 3.33. The number of para-hydroxylation sites is 1. The first-order valence-electron chi connectivity index (χ1n) is 11.6. The number of ether oxygens (including phenoxy) is 2. The lowest BCUT2D eigenvalue weighted by Gasteiger charge is -2.17. The van der Waals surface area contributed by atoms with Crippen LogP contribution in [0.25, 0.3) is 22.2 Å². The van der Waals surface area contributed by atoms with Crippen LogP contribution in [0.3, 0.4) is 0 Å². The molecule has 39 heavy (non-hydrogen) atoms. The molecule has 4 heterocycles. The number of rotatable bonds is 7. The second kappa shape index (κ2) is 10.7. The third kappa shape index (κ3) is 5.45. The average molecular weight is 573 g/mol. The molecule has 1 aromatic carbocycles. The number of thiazole rings is 1. The molecule has 0 N–H and O–H groups in total. The van der Waals surface area contributed by atoms with Gasteiger partial charge in [0.15, 0.2) is 4.47 Å². The fourth-order valence-electron chi connectivity index (χ4n) is 4.24. The van der Waals surface area contributed by atoms with E-state index in [1.54, 1.807) is 12.1 Å². The Bertz CT molecular complexity index is 1740. The van der Waals surface area contributed by atoms with Crippen molar-refractivity contribution in [3.05, 3.63) is 97.6 Å². The molecule has 0 saturated carbocycles. The maximum atomic E-state index is 13.3. The van der Waals surface area contributed by atoms with Gasteiger partial charge in [0.25, 0.3) is 5.56 Å². The van der Waals surface area contributed by atoms with E-state index in [0.29, 0.717) is 32.7 Å². The standard InChI is InChI=1S/C27H20ClF3N4O3S/c1-15-11-17(21-14-39-26(28)34-21)16-5-3-7-23(24(16)33-15)38-13-18-20(32-9-8-22(18)37-2)12-35-10-4-6-19(25(35)36)27(29,30)31/h3-11,14H,12-13H2,1-2H3. The third-order valence-corrected chi connectivity index (χ3v) is 7.00. The molecule has 0 aliphatic rings. The summed E-state index contributed by atoms with van der Waals surface area (Å²) in [6, 6.07) is 11.0. The molecule has 0 radical (unpaired) electrons. The molecular formula is C27H20ClF3N4O3S. The Balaban J connectivity index is 1.51. The number of fused-ring (bicyclic) bond motifs is 1. The topological polar surface area (TPSA) is 79.1 Å². The van der Waals surface area contributed by atoms with Crippen LogP contribution in [0, 0.1) is 6.92 Å². The lowest BCUT2D eigenvalue weighted by atomic mass is 10.1. The predicted molar refractivity (Wildman–Crippen MR) is 143 cm³/mol. The zero-order valence-electron chi connectivity index (χ0n) is 20.6. The summed E-state index contributed by atoms with van der Waals surface area (Å²) < 4.78 is 52.9. The molecule has 0 atom stereocenters. The van der Waals surface area contributed by atoms with Gasteiger partial charge in [0.05, 0.1) is 30.6 Å². The van der Waals surface area contributed by atoms with Crippen LogP contribution in [0.4, 0.5) is 13.2 Å². The van der Waals surface area contributed by atoms with Crippen LogP contribution >= 0.6 is 22.9 Å². The molecule has 200 valence electrons. The van der Waals surface area contributed by atoms with Gasteiger partial charge in [-0.25, -0.2) is 9.97 Å². The van der Waals surface area contributed by atoms with Crippen molar-refractivity contribution in [3.8, 4) is 22.8 Å². The lowest BCUT2D eigenvalue weighted by molar-refractivity contribution is -0.138. The summed E-state index contributed by atoms with van der Waals surface area (Å²) in [4.78, 5) is 25.9. The van der Waals surface area contributed by atoms with E-state index in [-0.39, 0.29) is 13.2 Å². The van der Waals surface area contributed by atoms with Crippen LogP contribution in [-0.4, -0.2) is 26.6 Å². The van der Waals surface area contributed by atoms with Crippen LogP contribution in [-0.2, 0) is 19.3 Å². The Morgan fingerprint density at radius 1 is 1.10 bits per heavy atom. The Morgan fingerprint density at radius 2 is 1.92 bits per heavy atom. The molecule has 4 aromatic heterocycles. The molecule has 0 amide bonds. The summed E-state index contributed by atoms with van der Waals surface area (Å²) in [7, 11) is 1.47. The number of hydrogen-bond donors (Lipinski definition) is 0. The molecule has 12 heteroatoms. The highest BCUT2D eigenvalue weighted by atomic mass is 35.5. The molecule has 0 saturated heterocycles. The Hall–Kier alpha value is -3.96. The van der Waals surface area contributed by atoms with E-state index >= 15 is 0 Å². The number of hydrogen-bond acceptors (Lipinski definition) is 7. The zero-order chi connectivity index (χ0) is 27.7. The largest absolute Gasteiger partial charge is 0.496 e. The van der Waals surface area contributed by atoms with Crippen molar-refractivity contribution >= 4 is 33.8 Å². The molecule has 5 rings (SSSR count). The minimum absolute atomic E-state index is 0.0351. The van der Waals surface area contributed by atoms with Gasteiger partial charge in [-0.2, -0.15) is 13.2 Å². The molecule has 0 bridgehead atoms. The van der Waals surface area contributed by atoms with Crippen molar-refractivity contribution in [2.45, 2.75) is 26.3 Å². The van der Waals surface area contributed by atoms with Crippen molar-refractivity contribution in [2.75, 3.05) is 7.11 Å². The van der Waals surface area contributed by atoms with Gasteiger partial charge in [-0.1, -0.05) is 23.7 Å². The second-order valence-corrected chi connectivity index (χ2v) is 9.97. The minimum Gasteiger partial charge on any atom is -0.496 e. The maximum absolute atomic E-state index is 13.3. The highest BCUT2D eigenvalue weighted by molar-refractivity contribution is 7.14. The van der Waals surface area contributed by atoms with Crippen molar-refractivity contribution in [1.82, 2.24) is 19.5 Å². The first-order chi connectivity index (χ1) is 18.7. The third-order valence-electron chi connectivity index (χ3n) is 6.02. The van der Waals surface area contributed by atoms with Crippen LogP contribution in [0.5, 0.6) is 11.5 Å². The Morgan fingerprint density at radius 3 is 2.64 bits per heavy atom. The van der Waals surface area contributed by atoms with Crippen LogP contribution in [0.1, 0.15) is 22.5 Å². The van der Waals surface area contributed by atoms with Gasteiger partial charge in [-0.3, -0.25) is 9.78 Å². The summed E-state index contributed by atoms with van der Waals surface area (Å²) >= 11 is 7.39.